The van der Waals surface area contributed by atoms with Gasteiger partial charge in [0.2, 0.25) is 0 Å². The fourth-order valence-corrected chi connectivity index (χ4v) is 1.60. The SMILES string of the molecule is C#CCCNCC(O)COCC1CCCO1. The molecule has 1 saturated heterocycles. The van der Waals surface area contributed by atoms with Gasteiger partial charge in [0.1, 0.15) is 0 Å². The molecule has 2 unspecified atom stereocenters. The molecular formula is C12H21NO3. The smallest absolute Gasteiger partial charge is 0.0897 e. The van der Waals surface area contributed by atoms with Gasteiger partial charge in [-0.15, -0.1) is 12.3 Å². The fraction of sp³-hybridized carbons (Fsp3) is 0.833. The van der Waals surface area contributed by atoms with Gasteiger partial charge in [-0.05, 0) is 12.8 Å². The molecular weight excluding hydrogens is 206 g/mol. The normalized spacial score (nSPS) is 21.9. The van der Waals surface area contributed by atoms with Crippen LogP contribution in [0.3, 0.4) is 0 Å². The summed E-state index contributed by atoms with van der Waals surface area (Å²) >= 11 is 0. The van der Waals surface area contributed by atoms with Crippen LogP contribution in [-0.4, -0.2) is 50.2 Å². The Balaban J connectivity index is 1.89. The van der Waals surface area contributed by atoms with Crippen LogP contribution in [0.1, 0.15) is 19.3 Å². The van der Waals surface area contributed by atoms with Crippen molar-refractivity contribution < 1.29 is 14.6 Å². The molecule has 16 heavy (non-hydrogen) atoms. The van der Waals surface area contributed by atoms with Gasteiger partial charge in [0.05, 0.1) is 25.4 Å². The Morgan fingerprint density at radius 3 is 3.19 bits per heavy atom. The minimum atomic E-state index is -0.473. The Hall–Kier alpha value is -0.600. The molecule has 0 spiro atoms. The van der Waals surface area contributed by atoms with E-state index in [1.165, 1.54) is 0 Å². The molecule has 4 nitrogen and oxygen atoms in total. The van der Waals surface area contributed by atoms with Gasteiger partial charge >= 0.3 is 0 Å². The maximum absolute atomic E-state index is 9.54. The van der Waals surface area contributed by atoms with E-state index in [1.54, 1.807) is 0 Å². The van der Waals surface area contributed by atoms with Crippen LogP contribution in [0.15, 0.2) is 0 Å². The van der Waals surface area contributed by atoms with Crippen molar-refractivity contribution in [3.05, 3.63) is 0 Å². The molecule has 0 saturated carbocycles. The molecule has 0 bridgehead atoms. The molecule has 0 aliphatic carbocycles. The second-order valence-corrected chi connectivity index (χ2v) is 3.98. The molecule has 2 atom stereocenters. The number of hydrogen-bond acceptors (Lipinski definition) is 4. The minimum absolute atomic E-state index is 0.224. The van der Waals surface area contributed by atoms with Crippen LogP contribution in [0.2, 0.25) is 0 Å². The molecule has 0 radical (unpaired) electrons. The van der Waals surface area contributed by atoms with Crippen molar-refractivity contribution in [2.45, 2.75) is 31.5 Å². The van der Waals surface area contributed by atoms with Gasteiger partial charge in [0, 0.05) is 26.1 Å². The molecule has 1 heterocycles. The third kappa shape index (κ3) is 6.09. The first-order valence-electron chi connectivity index (χ1n) is 5.84. The maximum Gasteiger partial charge on any atom is 0.0897 e. The van der Waals surface area contributed by atoms with Gasteiger partial charge in [0.15, 0.2) is 0 Å². The van der Waals surface area contributed by atoms with E-state index in [-0.39, 0.29) is 6.10 Å². The van der Waals surface area contributed by atoms with E-state index >= 15 is 0 Å². The maximum atomic E-state index is 9.54. The van der Waals surface area contributed by atoms with Crippen molar-refractivity contribution in [1.29, 1.82) is 0 Å². The predicted molar refractivity (Wildman–Crippen MR) is 62.1 cm³/mol. The number of nitrogens with one attached hydrogen (secondary N) is 1. The summed E-state index contributed by atoms with van der Waals surface area (Å²) in [4.78, 5) is 0. The quantitative estimate of drug-likeness (QED) is 0.458. The third-order valence-corrected chi connectivity index (χ3v) is 2.46. The average Bonchev–Trinajstić information content (AvgIpc) is 2.77. The first-order valence-corrected chi connectivity index (χ1v) is 5.84. The van der Waals surface area contributed by atoms with Gasteiger partial charge in [-0.1, -0.05) is 0 Å². The molecule has 1 fully saturated rings. The summed E-state index contributed by atoms with van der Waals surface area (Å²) in [5.74, 6) is 2.53. The van der Waals surface area contributed by atoms with E-state index in [0.29, 0.717) is 26.2 Å². The second-order valence-electron chi connectivity index (χ2n) is 3.98. The summed E-state index contributed by atoms with van der Waals surface area (Å²) in [5.41, 5.74) is 0. The van der Waals surface area contributed by atoms with Crippen molar-refractivity contribution >= 4 is 0 Å². The van der Waals surface area contributed by atoms with Gasteiger partial charge in [-0.2, -0.15) is 0 Å². The molecule has 0 aromatic rings. The summed E-state index contributed by atoms with van der Waals surface area (Å²) in [6.45, 7) is 3.03. The highest BCUT2D eigenvalue weighted by molar-refractivity contribution is 4.84. The van der Waals surface area contributed by atoms with Crippen LogP contribution in [0.4, 0.5) is 0 Å². The molecule has 0 aromatic heterocycles. The largest absolute Gasteiger partial charge is 0.389 e. The lowest BCUT2D eigenvalue weighted by atomic mass is 10.2. The summed E-state index contributed by atoms with van der Waals surface area (Å²) in [6, 6.07) is 0. The number of hydrogen-bond donors (Lipinski definition) is 2. The van der Waals surface area contributed by atoms with Crippen LogP contribution in [-0.2, 0) is 9.47 Å². The van der Waals surface area contributed by atoms with E-state index < -0.39 is 6.10 Å². The number of aliphatic hydroxyl groups is 1. The first kappa shape index (κ1) is 13.5. The number of terminal acetylenes is 1. The molecule has 2 N–H and O–H groups in total. The van der Waals surface area contributed by atoms with Gasteiger partial charge in [-0.25, -0.2) is 0 Å². The third-order valence-electron chi connectivity index (χ3n) is 2.46. The van der Waals surface area contributed by atoms with Crippen LogP contribution in [0, 0.1) is 12.3 Å². The minimum Gasteiger partial charge on any atom is -0.389 e. The number of aliphatic hydroxyl groups excluding tert-OH is 1. The molecule has 1 aliphatic heterocycles. The number of rotatable bonds is 8. The summed E-state index contributed by atoms with van der Waals surface area (Å²) in [7, 11) is 0. The van der Waals surface area contributed by atoms with Gasteiger partial charge < -0.3 is 19.9 Å². The highest BCUT2D eigenvalue weighted by atomic mass is 16.5. The van der Waals surface area contributed by atoms with Crippen molar-refractivity contribution in [3.8, 4) is 12.3 Å². The van der Waals surface area contributed by atoms with Crippen molar-refractivity contribution in [2.24, 2.45) is 0 Å². The van der Waals surface area contributed by atoms with Crippen LogP contribution >= 0.6 is 0 Å². The van der Waals surface area contributed by atoms with Crippen molar-refractivity contribution in [1.82, 2.24) is 5.32 Å². The Kier molecular flexibility index (Phi) is 7.19. The predicted octanol–water partition coefficient (Wildman–Crippen LogP) is 0.156. The lowest BCUT2D eigenvalue weighted by Crippen LogP contribution is -2.31. The van der Waals surface area contributed by atoms with Crippen molar-refractivity contribution in [2.75, 3.05) is 32.9 Å². The topological polar surface area (TPSA) is 50.7 Å². The highest BCUT2D eigenvalue weighted by Crippen LogP contribution is 2.11. The summed E-state index contributed by atoms with van der Waals surface area (Å²) in [6.07, 6.45) is 7.72. The Bertz CT molecular complexity index is 209. The standard InChI is InChI=1S/C12H21NO3/c1-2-3-6-13-8-11(14)9-15-10-12-5-4-7-16-12/h1,11-14H,3-10H2. The zero-order valence-electron chi connectivity index (χ0n) is 9.65. The summed E-state index contributed by atoms with van der Waals surface area (Å²) < 4.78 is 10.8. The van der Waals surface area contributed by atoms with E-state index in [9.17, 15) is 5.11 Å². The highest BCUT2D eigenvalue weighted by Gasteiger charge is 2.15. The molecule has 0 aromatic carbocycles. The van der Waals surface area contributed by atoms with Gasteiger partial charge in [0.25, 0.3) is 0 Å². The van der Waals surface area contributed by atoms with Gasteiger partial charge in [-0.3, -0.25) is 0 Å². The Labute approximate surface area is 97.3 Å². The Morgan fingerprint density at radius 1 is 1.62 bits per heavy atom. The lowest BCUT2D eigenvalue weighted by molar-refractivity contribution is -0.0163. The van der Waals surface area contributed by atoms with Crippen LogP contribution in [0.5, 0.6) is 0 Å². The van der Waals surface area contributed by atoms with E-state index in [2.05, 4.69) is 11.2 Å². The second kappa shape index (κ2) is 8.54. The lowest BCUT2D eigenvalue weighted by Gasteiger charge is -2.14. The van der Waals surface area contributed by atoms with E-state index in [4.69, 9.17) is 15.9 Å². The molecule has 0 amide bonds. The zero-order chi connectivity index (χ0) is 11.6. The molecule has 92 valence electrons. The van der Waals surface area contributed by atoms with Crippen LogP contribution in [0.25, 0.3) is 0 Å². The van der Waals surface area contributed by atoms with Crippen molar-refractivity contribution in [3.63, 3.8) is 0 Å². The Morgan fingerprint density at radius 2 is 2.50 bits per heavy atom. The summed E-state index contributed by atoms with van der Waals surface area (Å²) in [5, 5.41) is 12.6. The fourth-order valence-electron chi connectivity index (χ4n) is 1.60. The molecule has 4 heteroatoms. The molecule has 1 aliphatic rings. The molecule has 1 rings (SSSR count). The monoisotopic (exact) mass is 227 g/mol. The van der Waals surface area contributed by atoms with E-state index in [0.717, 1.165) is 26.0 Å². The zero-order valence-corrected chi connectivity index (χ0v) is 9.65. The van der Waals surface area contributed by atoms with E-state index in [1.807, 2.05) is 0 Å². The average molecular weight is 227 g/mol. The number of ether oxygens (including phenoxy) is 2. The van der Waals surface area contributed by atoms with Crippen LogP contribution < -0.4 is 5.32 Å². The first-order chi connectivity index (χ1) is 7.83.